The summed E-state index contributed by atoms with van der Waals surface area (Å²) >= 11 is 6.31. The summed E-state index contributed by atoms with van der Waals surface area (Å²) in [5.74, 6) is 0. The first-order valence-corrected chi connectivity index (χ1v) is 5.91. The molecular weight excluding hydrogens is 210 g/mol. The zero-order valence-corrected chi connectivity index (χ0v) is 9.87. The molecule has 0 radical (unpaired) electrons. The summed E-state index contributed by atoms with van der Waals surface area (Å²) in [6.07, 6.45) is 4.04. The number of aryl methyl sites for hydroxylation is 1. The highest BCUT2D eigenvalue weighted by molar-refractivity contribution is 7.84. The van der Waals surface area contributed by atoms with Crippen molar-refractivity contribution >= 4 is 29.0 Å². The third-order valence-corrected chi connectivity index (χ3v) is 4.16. The van der Waals surface area contributed by atoms with E-state index >= 15 is 0 Å². The van der Waals surface area contributed by atoms with Crippen molar-refractivity contribution in [2.75, 3.05) is 11.9 Å². The molecule has 1 nitrogen and oxygen atoms in total. The topological polar surface area (TPSA) is 3.24 Å². The Morgan fingerprint density at radius 1 is 1.57 bits per heavy atom. The molecule has 0 spiro atoms. The average Bonchev–Trinajstić information content (AvgIpc) is 2.61. The highest BCUT2D eigenvalue weighted by Gasteiger charge is 2.17. The van der Waals surface area contributed by atoms with Gasteiger partial charge in [-0.3, -0.25) is 0 Å². The lowest BCUT2D eigenvalue weighted by Gasteiger charge is -2.18. The molecule has 1 aromatic rings. The predicted molar refractivity (Wildman–Crippen MR) is 67.3 cm³/mol. The highest BCUT2D eigenvalue weighted by Crippen LogP contribution is 2.36. The number of fused-ring (bicyclic) bond motifs is 1. The Hall–Kier alpha value is -0.670. The van der Waals surface area contributed by atoms with E-state index in [1.165, 1.54) is 16.1 Å². The monoisotopic (exact) mass is 223 g/mol. The third kappa shape index (κ3) is 1.51. The van der Waals surface area contributed by atoms with Gasteiger partial charge in [-0.05, 0) is 35.4 Å². The molecule has 0 aliphatic carbocycles. The van der Waals surface area contributed by atoms with Crippen LogP contribution < -0.4 is 4.90 Å². The summed E-state index contributed by atoms with van der Waals surface area (Å²) in [7, 11) is 2.06. The van der Waals surface area contributed by atoms with Crippen molar-refractivity contribution in [2.24, 2.45) is 0 Å². The van der Waals surface area contributed by atoms with E-state index in [1.807, 2.05) is 6.08 Å². The van der Waals surface area contributed by atoms with Crippen LogP contribution in [-0.4, -0.2) is 7.05 Å². The van der Waals surface area contributed by atoms with Crippen LogP contribution in [0.15, 0.2) is 34.7 Å². The second-order valence-corrected chi connectivity index (χ2v) is 4.68. The summed E-state index contributed by atoms with van der Waals surface area (Å²) in [5.41, 5.74) is 2.65. The number of hydrogen-bond acceptors (Lipinski definition) is 3. The maximum absolute atomic E-state index is 4.54. The van der Waals surface area contributed by atoms with Gasteiger partial charge in [0.25, 0.3) is 0 Å². The Balaban J connectivity index is 2.47. The molecule has 2 heterocycles. The molecule has 1 aliphatic heterocycles. The fourth-order valence-electron chi connectivity index (χ4n) is 1.70. The normalized spacial score (nSPS) is 16.6. The molecule has 3 heteroatoms. The van der Waals surface area contributed by atoms with E-state index in [4.69, 9.17) is 0 Å². The number of nitrogens with zero attached hydrogens (tertiary/aromatic N) is 1. The summed E-state index contributed by atoms with van der Waals surface area (Å²) in [4.78, 5) is 2.15. The van der Waals surface area contributed by atoms with Gasteiger partial charge in [-0.2, -0.15) is 0 Å². The number of hydrogen-bond donors (Lipinski definition) is 1. The fourth-order valence-corrected chi connectivity index (χ4v) is 3.00. The second kappa shape index (κ2) is 3.83. The van der Waals surface area contributed by atoms with Crippen molar-refractivity contribution in [1.29, 1.82) is 0 Å². The molecule has 0 fully saturated rings. The van der Waals surface area contributed by atoms with Gasteiger partial charge in [0.2, 0.25) is 0 Å². The lowest BCUT2D eigenvalue weighted by atomic mass is 10.1. The fraction of sp³-hybridized carbons (Fsp3) is 0.273. The minimum Gasteiger partial charge on any atom is -0.331 e. The Bertz CT molecular complexity index is 390. The van der Waals surface area contributed by atoms with Crippen LogP contribution in [0.3, 0.4) is 0 Å². The van der Waals surface area contributed by atoms with Crippen LogP contribution in [0.5, 0.6) is 0 Å². The molecule has 0 amide bonds. The number of rotatable bonds is 1. The van der Waals surface area contributed by atoms with E-state index in [2.05, 4.69) is 42.6 Å². The minimum atomic E-state index is 1.03. The van der Waals surface area contributed by atoms with Gasteiger partial charge in [0.15, 0.2) is 0 Å². The van der Waals surface area contributed by atoms with E-state index in [1.54, 1.807) is 11.3 Å². The van der Waals surface area contributed by atoms with Gasteiger partial charge < -0.3 is 4.90 Å². The van der Waals surface area contributed by atoms with E-state index < -0.39 is 0 Å². The van der Waals surface area contributed by atoms with Crippen molar-refractivity contribution in [3.63, 3.8) is 0 Å². The maximum Gasteiger partial charge on any atom is 0.0987 e. The number of allylic oxidation sites excluding steroid dienone is 2. The van der Waals surface area contributed by atoms with Crippen molar-refractivity contribution in [2.45, 2.75) is 12.8 Å². The molecule has 0 N–H and O–H groups in total. The van der Waals surface area contributed by atoms with Gasteiger partial charge in [0, 0.05) is 7.05 Å². The van der Waals surface area contributed by atoms with Gasteiger partial charge in [0.05, 0.1) is 10.0 Å². The van der Waals surface area contributed by atoms with Crippen molar-refractivity contribution in [3.05, 3.63) is 40.3 Å². The Kier molecular flexibility index (Phi) is 2.70. The Morgan fingerprint density at radius 3 is 3.07 bits per heavy atom. The van der Waals surface area contributed by atoms with Crippen LogP contribution in [0.1, 0.15) is 12.0 Å². The smallest absolute Gasteiger partial charge is 0.0987 e. The molecule has 1 aliphatic rings. The first kappa shape index (κ1) is 9.87. The average molecular weight is 223 g/mol. The molecule has 1 aromatic heterocycles. The molecule has 0 saturated heterocycles. The summed E-state index contributed by atoms with van der Waals surface area (Å²) < 4.78 is 0. The lowest BCUT2D eigenvalue weighted by molar-refractivity contribution is 0.981. The predicted octanol–water partition coefficient (Wildman–Crippen LogP) is 3.46. The largest absolute Gasteiger partial charge is 0.331 e. The van der Waals surface area contributed by atoms with Gasteiger partial charge in [-0.25, -0.2) is 0 Å². The maximum atomic E-state index is 4.54. The molecule has 0 bridgehead atoms. The standard InChI is InChI=1S/C11H13NS2/c1-3-8-4-5-9-6-7-14-11(9)12(2)10(8)13/h3,6-7,13H,1,4-5H2,2H3. The summed E-state index contributed by atoms with van der Waals surface area (Å²) in [6.45, 7) is 3.83. The molecule has 0 unspecified atom stereocenters. The SMILES string of the molecule is C=CC1=C(S)N(C)c2sccc2CC1. The van der Waals surface area contributed by atoms with E-state index in [0.29, 0.717) is 0 Å². The molecule has 2 rings (SSSR count). The second-order valence-electron chi connectivity index (χ2n) is 3.36. The van der Waals surface area contributed by atoms with Gasteiger partial charge in [-0.1, -0.05) is 12.7 Å². The summed E-state index contributed by atoms with van der Waals surface area (Å²) in [5, 5.41) is 4.48. The Morgan fingerprint density at radius 2 is 2.36 bits per heavy atom. The van der Waals surface area contributed by atoms with Crippen LogP contribution in [0, 0.1) is 0 Å². The van der Waals surface area contributed by atoms with Crippen LogP contribution in [0.2, 0.25) is 0 Å². The number of thiol groups is 1. The summed E-state index contributed by atoms with van der Waals surface area (Å²) in [6, 6.07) is 2.20. The molecular formula is C11H13NS2. The first-order chi connectivity index (χ1) is 6.74. The molecule has 74 valence electrons. The van der Waals surface area contributed by atoms with E-state index in [-0.39, 0.29) is 0 Å². The van der Waals surface area contributed by atoms with Crippen LogP contribution in [-0.2, 0) is 6.42 Å². The zero-order valence-electron chi connectivity index (χ0n) is 8.16. The first-order valence-electron chi connectivity index (χ1n) is 4.58. The van der Waals surface area contributed by atoms with Crippen molar-refractivity contribution in [3.8, 4) is 0 Å². The van der Waals surface area contributed by atoms with E-state index in [0.717, 1.165) is 17.9 Å². The van der Waals surface area contributed by atoms with Gasteiger partial charge >= 0.3 is 0 Å². The highest BCUT2D eigenvalue weighted by atomic mass is 32.1. The van der Waals surface area contributed by atoms with Gasteiger partial charge in [0.1, 0.15) is 0 Å². The number of anilines is 1. The number of thiophene rings is 1. The van der Waals surface area contributed by atoms with Crippen molar-refractivity contribution < 1.29 is 0 Å². The Labute approximate surface area is 94.2 Å². The third-order valence-electron chi connectivity index (χ3n) is 2.54. The molecule has 14 heavy (non-hydrogen) atoms. The van der Waals surface area contributed by atoms with Crippen LogP contribution in [0.4, 0.5) is 5.00 Å². The molecule has 0 aromatic carbocycles. The van der Waals surface area contributed by atoms with E-state index in [9.17, 15) is 0 Å². The van der Waals surface area contributed by atoms with Gasteiger partial charge in [-0.15, -0.1) is 24.0 Å². The van der Waals surface area contributed by atoms with Crippen LogP contribution in [0.25, 0.3) is 0 Å². The quantitative estimate of drug-likeness (QED) is 0.714. The van der Waals surface area contributed by atoms with Crippen molar-refractivity contribution in [1.82, 2.24) is 0 Å². The lowest BCUT2D eigenvalue weighted by Crippen LogP contribution is -2.12. The zero-order chi connectivity index (χ0) is 10.1. The minimum absolute atomic E-state index is 1.03. The van der Waals surface area contributed by atoms with Crippen LogP contribution >= 0.6 is 24.0 Å². The molecule has 0 saturated carbocycles. The molecule has 0 atom stereocenters.